The van der Waals surface area contributed by atoms with Crippen molar-refractivity contribution in [1.29, 1.82) is 0 Å². The van der Waals surface area contributed by atoms with Crippen molar-refractivity contribution in [2.75, 3.05) is 6.54 Å². The number of rotatable bonds is 7. The van der Waals surface area contributed by atoms with Crippen LogP contribution in [0.4, 0.5) is 4.39 Å². The number of hydrazine groups is 1. The van der Waals surface area contributed by atoms with E-state index in [-0.39, 0.29) is 12.1 Å². The van der Waals surface area contributed by atoms with Crippen LogP contribution in [0.3, 0.4) is 0 Å². The van der Waals surface area contributed by atoms with Gasteiger partial charge in [0.15, 0.2) is 0 Å². The molecule has 0 fully saturated rings. The molecule has 3 N–H and O–H groups in total. The standard InChI is InChI=1S/C23H19ClFN3O3S/c24-18-7-11-20(12-8-18)32-14-15-1-3-17(4-2-15)23(31)28-27-21(29)13-26-22(30)16-5-9-19(25)10-6-16/h1-12H,13-14H2,(H,26,30)(H,27,29)(H,28,31). The molecule has 0 aliphatic heterocycles. The Morgan fingerprint density at radius 3 is 2.03 bits per heavy atom. The molecule has 3 aromatic rings. The molecule has 0 aliphatic carbocycles. The lowest BCUT2D eigenvalue weighted by molar-refractivity contribution is -0.120. The predicted molar refractivity (Wildman–Crippen MR) is 122 cm³/mol. The van der Waals surface area contributed by atoms with Crippen molar-refractivity contribution in [3.63, 3.8) is 0 Å². The Bertz CT molecular complexity index is 1090. The number of carbonyl (C=O) groups is 3. The third-order valence-corrected chi connectivity index (χ3v) is 5.60. The highest BCUT2D eigenvalue weighted by atomic mass is 35.5. The lowest BCUT2D eigenvalue weighted by atomic mass is 10.1. The van der Waals surface area contributed by atoms with E-state index in [4.69, 9.17) is 11.6 Å². The topological polar surface area (TPSA) is 87.3 Å². The van der Waals surface area contributed by atoms with Crippen LogP contribution in [-0.4, -0.2) is 24.3 Å². The van der Waals surface area contributed by atoms with E-state index >= 15 is 0 Å². The van der Waals surface area contributed by atoms with Crippen molar-refractivity contribution >= 4 is 41.1 Å². The predicted octanol–water partition coefficient (Wildman–Crippen LogP) is 3.96. The summed E-state index contributed by atoms with van der Waals surface area (Å²) in [6.45, 7) is -0.350. The molecule has 0 aromatic heterocycles. The van der Waals surface area contributed by atoms with Gasteiger partial charge in [0.1, 0.15) is 5.82 Å². The summed E-state index contributed by atoms with van der Waals surface area (Å²) in [7, 11) is 0. The molecule has 0 radical (unpaired) electrons. The molecule has 3 rings (SSSR count). The van der Waals surface area contributed by atoms with Gasteiger partial charge in [0.2, 0.25) is 0 Å². The molecule has 0 saturated heterocycles. The second-order valence-corrected chi connectivity index (χ2v) is 8.12. The molecule has 9 heteroatoms. The third kappa shape index (κ3) is 7.11. The molecular formula is C23H19ClFN3O3S. The van der Waals surface area contributed by atoms with E-state index in [1.165, 1.54) is 12.1 Å². The molecule has 0 heterocycles. The molecule has 0 bridgehead atoms. The van der Waals surface area contributed by atoms with Crippen molar-refractivity contribution < 1.29 is 18.8 Å². The summed E-state index contributed by atoms with van der Waals surface area (Å²) in [5, 5.41) is 3.07. The molecule has 0 unspecified atom stereocenters. The van der Waals surface area contributed by atoms with Gasteiger partial charge in [-0.2, -0.15) is 0 Å². The Labute approximate surface area is 193 Å². The smallest absolute Gasteiger partial charge is 0.269 e. The minimum Gasteiger partial charge on any atom is -0.343 e. The summed E-state index contributed by atoms with van der Waals surface area (Å²) < 4.78 is 12.9. The maximum Gasteiger partial charge on any atom is 0.269 e. The third-order valence-electron chi connectivity index (χ3n) is 4.27. The van der Waals surface area contributed by atoms with Crippen LogP contribution >= 0.6 is 23.4 Å². The van der Waals surface area contributed by atoms with E-state index in [2.05, 4.69) is 16.2 Å². The van der Waals surface area contributed by atoms with Crippen molar-refractivity contribution in [1.82, 2.24) is 16.2 Å². The Morgan fingerprint density at radius 2 is 1.38 bits per heavy atom. The van der Waals surface area contributed by atoms with Crippen LogP contribution in [0.15, 0.2) is 77.7 Å². The number of halogens is 2. The number of thioether (sulfide) groups is 1. The molecule has 32 heavy (non-hydrogen) atoms. The molecule has 0 atom stereocenters. The zero-order valence-corrected chi connectivity index (χ0v) is 18.3. The van der Waals surface area contributed by atoms with Gasteiger partial charge in [-0.1, -0.05) is 23.7 Å². The van der Waals surface area contributed by atoms with Crippen molar-refractivity contribution in [2.24, 2.45) is 0 Å². The summed E-state index contributed by atoms with van der Waals surface area (Å²) in [6.07, 6.45) is 0. The van der Waals surface area contributed by atoms with Crippen LogP contribution < -0.4 is 16.2 Å². The second-order valence-electron chi connectivity index (χ2n) is 6.63. The number of hydrogen-bond acceptors (Lipinski definition) is 4. The quantitative estimate of drug-likeness (QED) is 0.359. The van der Waals surface area contributed by atoms with Gasteiger partial charge in [-0.05, 0) is 66.2 Å². The van der Waals surface area contributed by atoms with E-state index in [1.807, 2.05) is 36.4 Å². The zero-order chi connectivity index (χ0) is 22.9. The van der Waals surface area contributed by atoms with Gasteiger partial charge in [-0.25, -0.2) is 4.39 Å². The van der Waals surface area contributed by atoms with Gasteiger partial charge in [-0.3, -0.25) is 25.2 Å². The zero-order valence-electron chi connectivity index (χ0n) is 16.7. The van der Waals surface area contributed by atoms with E-state index in [9.17, 15) is 18.8 Å². The molecule has 0 spiro atoms. The summed E-state index contributed by atoms with van der Waals surface area (Å²) >= 11 is 7.53. The fourth-order valence-corrected chi connectivity index (χ4v) is 3.54. The van der Waals surface area contributed by atoms with Gasteiger partial charge in [0.05, 0.1) is 6.54 Å². The maximum atomic E-state index is 12.9. The first-order valence-corrected chi connectivity index (χ1v) is 10.9. The van der Waals surface area contributed by atoms with Crippen LogP contribution in [0.25, 0.3) is 0 Å². The highest BCUT2D eigenvalue weighted by Crippen LogP contribution is 2.24. The summed E-state index contributed by atoms with van der Waals surface area (Å²) in [4.78, 5) is 37.0. The minimum atomic E-state index is -0.607. The van der Waals surface area contributed by atoms with Crippen LogP contribution in [-0.2, 0) is 10.5 Å². The molecule has 0 saturated carbocycles. The SMILES string of the molecule is O=C(CNC(=O)c1ccc(F)cc1)NNC(=O)c1ccc(CSc2ccc(Cl)cc2)cc1. The molecule has 164 valence electrons. The van der Waals surface area contributed by atoms with E-state index in [0.717, 1.165) is 28.3 Å². The van der Waals surface area contributed by atoms with Crippen LogP contribution in [0.2, 0.25) is 5.02 Å². The molecule has 6 nitrogen and oxygen atoms in total. The lowest BCUT2D eigenvalue weighted by Crippen LogP contribution is -2.46. The summed E-state index contributed by atoms with van der Waals surface area (Å²) in [5.74, 6) is -1.35. The van der Waals surface area contributed by atoms with E-state index in [1.54, 1.807) is 23.9 Å². The Morgan fingerprint density at radius 1 is 0.781 bits per heavy atom. The highest BCUT2D eigenvalue weighted by molar-refractivity contribution is 7.98. The van der Waals surface area contributed by atoms with E-state index in [0.29, 0.717) is 10.6 Å². The maximum absolute atomic E-state index is 12.9. The molecular weight excluding hydrogens is 453 g/mol. The van der Waals surface area contributed by atoms with Gasteiger partial charge in [0.25, 0.3) is 17.7 Å². The first-order chi connectivity index (χ1) is 15.4. The number of amides is 3. The Balaban J connectivity index is 1.41. The molecule has 0 aliphatic rings. The number of hydrogen-bond donors (Lipinski definition) is 3. The first-order valence-electron chi connectivity index (χ1n) is 9.51. The second kappa shape index (κ2) is 11.3. The minimum absolute atomic E-state index is 0.220. The fraction of sp³-hybridized carbons (Fsp3) is 0.0870. The van der Waals surface area contributed by atoms with Gasteiger partial charge in [-0.15, -0.1) is 11.8 Å². The van der Waals surface area contributed by atoms with Gasteiger partial charge in [0, 0.05) is 26.8 Å². The normalized spacial score (nSPS) is 10.3. The lowest BCUT2D eigenvalue weighted by Gasteiger charge is -2.09. The average Bonchev–Trinajstić information content (AvgIpc) is 2.81. The van der Waals surface area contributed by atoms with E-state index < -0.39 is 23.5 Å². The first kappa shape index (κ1) is 23.3. The van der Waals surface area contributed by atoms with Crippen LogP contribution in [0, 0.1) is 5.82 Å². The number of benzene rings is 3. The van der Waals surface area contributed by atoms with Gasteiger partial charge >= 0.3 is 0 Å². The monoisotopic (exact) mass is 471 g/mol. The van der Waals surface area contributed by atoms with Crippen molar-refractivity contribution in [3.05, 3.63) is 100 Å². The largest absolute Gasteiger partial charge is 0.343 e. The fourth-order valence-electron chi connectivity index (χ4n) is 2.56. The van der Waals surface area contributed by atoms with Crippen LogP contribution in [0.1, 0.15) is 26.3 Å². The summed E-state index contributed by atoms with van der Waals surface area (Å²) in [5.41, 5.74) is 6.16. The van der Waals surface area contributed by atoms with Crippen molar-refractivity contribution in [2.45, 2.75) is 10.6 Å². The average molecular weight is 472 g/mol. The van der Waals surface area contributed by atoms with Gasteiger partial charge < -0.3 is 5.32 Å². The molecule has 3 amide bonds. The highest BCUT2D eigenvalue weighted by Gasteiger charge is 2.10. The summed E-state index contributed by atoms with van der Waals surface area (Å²) in [6, 6.07) is 19.5. The Kier molecular flexibility index (Phi) is 8.24. The van der Waals surface area contributed by atoms with Crippen LogP contribution in [0.5, 0.6) is 0 Å². The number of carbonyl (C=O) groups excluding carboxylic acids is 3. The Hall–Kier alpha value is -3.36. The number of nitrogens with one attached hydrogen (secondary N) is 3. The molecule has 3 aromatic carbocycles. The van der Waals surface area contributed by atoms with Crippen molar-refractivity contribution in [3.8, 4) is 0 Å².